The van der Waals surface area contributed by atoms with Crippen LogP contribution in [0, 0.1) is 0 Å². The second-order valence-electron chi connectivity index (χ2n) is 5.01. The number of anilines is 2. The van der Waals surface area contributed by atoms with Gasteiger partial charge in [0.1, 0.15) is 5.82 Å². The van der Waals surface area contributed by atoms with Gasteiger partial charge in [-0.25, -0.2) is 15.1 Å². The number of hydrazone groups is 1. The van der Waals surface area contributed by atoms with Gasteiger partial charge < -0.3 is 11.2 Å². The predicted octanol–water partition coefficient (Wildman–Crippen LogP) is 1.56. The molecule has 0 aliphatic rings. The lowest BCUT2D eigenvalue weighted by atomic mass is 10.2. The van der Waals surface area contributed by atoms with E-state index in [4.69, 9.17) is 5.84 Å². The third-order valence-corrected chi connectivity index (χ3v) is 4.05. The molecular formula is C16H16N8OS. The summed E-state index contributed by atoms with van der Waals surface area (Å²) < 4.78 is 1.24. The molecule has 10 heteroatoms. The molecule has 0 bridgehead atoms. The molecule has 0 aliphatic carbocycles. The Labute approximate surface area is 153 Å². The Morgan fingerprint density at radius 1 is 1.19 bits per heavy atom. The zero-order valence-electron chi connectivity index (χ0n) is 13.6. The zero-order chi connectivity index (χ0) is 18.2. The highest BCUT2D eigenvalue weighted by atomic mass is 32.2. The van der Waals surface area contributed by atoms with E-state index in [1.54, 1.807) is 30.6 Å². The SMILES string of the molecule is Nn1c(N/N=C/c2ccccc2)nnc1SCC(=O)Nc1ccccn1. The summed E-state index contributed by atoms with van der Waals surface area (Å²) in [6.45, 7) is 0. The van der Waals surface area contributed by atoms with Gasteiger partial charge in [-0.15, -0.1) is 10.2 Å². The minimum Gasteiger partial charge on any atom is -0.334 e. The minimum atomic E-state index is -0.215. The van der Waals surface area contributed by atoms with E-state index in [1.807, 2.05) is 30.3 Å². The van der Waals surface area contributed by atoms with Crippen molar-refractivity contribution in [2.45, 2.75) is 5.16 Å². The van der Waals surface area contributed by atoms with Gasteiger partial charge in [-0.3, -0.25) is 4.79 Å². The number of aromatic nitrogens is 4. The molecule has 0 saturated carbocycles. The van der Waals surface area contributed by atoms with Crippen molar-refractivity contribution in [1.29, 1.82) is 0 Å². The van der Waals surface area contributed by atoms with Gasteiger partial charge in [0, 0.05) is 6.20 Å². The van der Waals surface area contributed by atoms with Crippen LogP contribution >= 0.6 is 11.8 Å². The number of carbonyl (C=O) groups is 1. The summed E-state index contributed by atoms with van der Waals surface area (Å²) in [5, 5.41) is 15.0. The molecule has 0 aliphatic heterocycles. The Kier molecular flexibility index (Phi) is 5.78. The number of carbonyl (C=O) groups excluding carboxylic acids is 1. The first-order valence-electron chi connectivity index (χ1n) is 7.60. The van der Waals surface area contributed by atoms with Crippen molar-refractivity contribution in [2.24, 2.45) is 5.10 Å². The van der Waals surface area contributed by atoms with Crippen LogP contribution in [0.4, 0.5) is 11.8 Å². The quantitative estimate of drug-likeness (QED) is 0.250. The Hall–Kier alpha value is -3.40. The lowest BCUT2D eigenvalue weighted by Crippen LogP contribution is -2.17. The minimum absolute atomic E-state index is 0.124. The van der Waals surface area contributed by atoms with Crippen LogP contribution < -0.4 is 16.6 Å². The molecule has 2 heterocycles. The van der Waals surface area contributed by atoms with Crippen LogP contribution in [0.2, 0.25) is 0 Å². The van der Waals surface area contributed by atoms with E-state index < -0.39 is 0 Å². The molecule has 3 aromatic rings. The number of nitrogens with zero attached hydrogens (tertiary/aromatic N) is 5. The molecule has 132 valence electrons. The van der Waals surface area contributed by atoms with Crippen LogP contribution in [0.25, 0.3) is 0 Å². The molecule has 0 atom stereocenters. The third kappa shape index (κ3) is 4.80. The van der Waals surface area contributed by atoms with Crippen molar-refractivity contribution >= 4 is 35.6 Å². The fourth-order valence-electron chi connectivity index (χ4n) is 1.90. The van der Waals surface area contributed by atoms with E-state index in [0.717, 1.165) is 17.3 Å². The standard InChI is InChI=1S/C16H16N8OS/c17-24-15(21-19-10-12-6-2-1-3-7-12)22-23-16(24)26-11-14(25)20-13-8-4-5-9-18-13/h1-10H,11,17H2,(H,21,22)(H,18,20,25)/b19-10+. The van der Waals surface area contributed by atoms with E-state index in [0.29, 0.717) is 11.0 Å². The smallest absolute Gasteiger partial charge is 0.264 e. The molecule has 4 N–H and O–H groups in total. The summed E-state index contributed by atoms with van der Waals surface area (Å²) >= 11 is 1.16. The number of benzene rings is 1. The highest BCUT2D eigenvalue weighted by Crippen LogP contribution is 2.16. The van der Waals surface area contributed by atoms with Crippen molar-refractivity contribution < 1.29 is 4.79 Å². The largest absolute Gasteiger partial charge is 0.334 e. The highest BCUT2D eigenvalue weighted by molar-refractivity contribution is 7.99. The number of amides is 1. The Morgan fingerprint density at radius 3 is 2.77 bits per heavy atom. The second-order valence-corrected chi connectivity index (χ2v) is 5.95. The first-order chi connectivity index (χ1) is 12.7. The summed E-state index contributed by atoms with van der Waals surface area (Å²) in [7, 11) is 0. The summed E-state index contributed by atoms with van der Waals surface area (Å²) in [6.07, 6.45) is 3.25. The summed E-state index contributed by atoms with van der Waals surface area (Å²) in [6, 6.07) is 14.9. The Morgan fingerprint density at radius 2 is 2.00 bits per heavy atom. The number of rotatable bonds is 7. The molecule has 26 heavy (non-hydrogen) atoms. The molecule has 0 saturated heterocycles. The average Bonchev–Trinajstić information content (AvgIpc) is 3.02. The maximum atomic E-state index is 11.9. The van der Waals surface area contributed by atoms with Crippen LogP contribution in [0.15, 0.2) is 65.0 Å². The van der Waals surface area contributed by atoms with Gasteiger partial charge in [0.2, 0.25) is 11.1 Å². The molecule has 0 fully saturated rings. The van der Waals surface area contributed by atoms with E-state index >= 15 is 0 Å². The first-order valence-corrected chi connectivity index (χ1v) is 8.59. The molecule has 0 unspecified atom stereocenters. The van der Waals surface area contributed by atoms with Crippen molar-refractivity contribution in [3.63, 3.8) is 0 Å². The third-order valence-electron chi connectivity index (χ3n) is 3.11. The number of hydrogen-bond acceptors (Lipinski definition) is 8. The maximum absolute atomic E-state index is 11.9. The number of pyridine rings is 1. The van der Waals surface area contributed by atoms with Crippen LogP contribution in [0.3, 0.4) is 0 Å². The van der Waals surface area contributed by atoms with E-state index in [2.05, 4.69) is 31.0 Å². The molecule has 1 aromatic carbocycles. The fraction of sp³-hybridized carbons (Fsp3) is 0.0625. The van der Waals surface area contributed by atoms with Crippen molar-refractivity contribution in [3.8, 4) is 0 Å². The molecule has 9 nitrogen and oxygen atoms in total. The number of nitrogens with one attached hydrogen (secondary N) is 2. The van der Waals surface area contributed by atoms with Crippen molar-refractivity contribution in [1.82, 2.24) is 19.9 Å². The van der Waals surface area contributed by atoms with Gasteiger partial charge in [0.15, 0.2) is 0 Å². The highest BCUT2D eigenvalue weighted by Gasteiger charge is 2.12. The first kappa shape index (κ1) is 17.4. The summed E-state index contributed by atoms with van der Waals surface area (Å²) in [5.41, 5.74) is 3.65. The predicted molar refractivity (Wildman–Crippen MR) is 101 cm³/mol. The van der Waals surface area contributed by atoms with Gasteiger partial charge in [0.05, 0.1) is 12.0 Å². The molecule has 0 radical (unpaired) electrons. The number of thioether (sulfide) groups is 1. The molecule has 0 spiro atoms. The Balaban J connectivity index is 1.52. The van der Waals surface area contributed by atoms with E-state index in [-0.39, 0.29) is 17.6 Å². The van der Waals surface area contributed by atoms with Gasteiger partial charge in [0.25, 0.3) is 5.95 Å². The number of hydrogen-bond donors (Lipinski definition) is 3. The normalized spacial score (nSPS) is 10.8. The second kappa shape index (κ2) is 8.62. The summed E-state index contributed by atoms with van der Waals surface area (Å²) in [4.78, 5) is 16.0. The number of nitrogens with two attached hydrogens (primary N) is 1. The number of nitrogen functional groups attached to an aromatic ring is 1. The van der Waals surface area contributed by atoms with Crippen LogP contribution in [0.1, 0.15) is 5.56 Å². The zero-order valence-corrected chi connectivity index (χ0v) is 14.4. The fourth-order valence-corrected chi connectivity index (χ4v) is 2.56. The van der Waals surface area contributed by atoms with Gasteiger partial charge >= 0.3 is 0 Å². The molecule has 1 amide bonds. The maximum Gasteiger partial charge on any atom is 0.264 e. The Bertz CT molecular complexity index is 882. The van der Waals surface area contributed by atoms with E-state index in [9.17, 15) is 4.79 Å². The monoisotopic (exact) mass is 368 g/mol. The van der Waals surface area contributed by atoms with Crippen molar-refractivity contribution in [3.05, 3.63) is 60.3 Å². The topological polar surface area (TPSA) is 123 Å². The summed E-state index contributed by atoms with van der Waals surface area (Å²) in [5.74, 6) is 6.58. The molecular weight excluding hydrogens is 352 g/mol. The van der Waals surface area contributed by atoms with Gasteiger partial charge in [-0.2, -0.15) is 5.10 Å². The van der Waals surface area contributed by atoms with Gasteiger partial charge in [-0.1, -0.05) is 48.2 Å². The van der Waals surface area contributed by atoms with Crippen LogP contribution in [-0.4, -0.2) is 37.7 Å². The van der Waals surface area contributed by atoms with Gasteiger partial charge in [-0.05, 0) is 17.7 Å². The van der Waals surface area contributed by atoms with Crippen molar-refractivity contribution in [2.75, 3.05) is 22.3 Å². The van der Waals surface area contributed by atoms with E-state index in [1.165, 1.54) is 4.68 Å². The molecule has 2 aromatic heterocycles. The molecule has 3 rings (SSSR count). The lowest BCUT2D eigenvalue weighted by molar-refractivity contribution is -0.113. The lowest BCUT2D eigenvalue weighted by Gasteiger charge is -2.04. The van der Waals surface area contributed by atoms with Crippen LogP contribution in [0.5, 0.6) is 0 Å². The van der Waals surface area contributed by atoms with Crippen LogP contribution in [-0.2, 0) is 4.79 Å². The average molecular weight is 368 g/mol.